The third-order valence-corrected chi connectivity index (χ3v) is 4.27. The zero-order valence-corrected chi connectivity index (χ0v) is 13.4. The summed E-state index contributed by atoms with van der Waals surface area (Å²) in [7, 11) is 1.68. The minimum Gasteiger partial charge on any atom is -0.440 e. The molecular weight excluding hydrogens is 314 g/mol. The Bertz CT molecular complexity index is 938. The zero-order chi connectivity index (χ0) is 16.7. The molecule has 6 heteroatoms. The molecule has 1 unspecified atom stereocenters. The summed E-state index contributed by atoms with van der Waals surface area (Å²) in [6.45, 7) is 1.80. The fourth-order valence-corrected chi connectivity index (χ4v) is 2.96. The summed E-state index contributed by atoms with van der Waals surface area (Å²) in [6, 6.07) is 10.9. The van der Waals surface area contributed by atoms with Crippen LogP contribution < -0.4 is 16.0 Å². The maximum Gasteiger partial charge on any atom is 0.258 e. The van der Waals surface area contributed by atoms with Crippen molar-refractivity contribution in [3.8, 4) is 11.8 Å². The van der Waals surface area contributed by atoms with E-state index in [9.17, 15) is 10.1 Å². The lowest BCUT2D eigenvalue weighted by Gasteiger charge is -2.26. The molecule has 0 bridgehead atoms. The smallest absolute Gasteiger partial charge is 0.258 e. The van der Waals surface area contributed by atoms with Gasteiger partial charge in [0.15, 0.2) is 0 Å². The average molecular weight is 328 g/mol. The van der Waals surface area contributed by atoms with Crippen LogP contribution in [-0.2, 0) is 7.05 Å². The van der Waals surface area contributed by atoms with Crippen molar-refractivity contribution in [2.24, 2.45) is 12.8 Å². The zero-order valence-electron chi connectivity index (χ0n) is 12.6. The molecule has 0 aliphatic carbocycles. The van der Waals surface area contributed by atoms with E-state index in [1.807, 2.05) is 6.07 Å². The van der Waals surface area contributed by atoms with Crippen molar-refractivity contribution in [3.05, 3.63) is 74.0 Å². The van der Waals surface area contributed by atoms with Crippen molar-refractivity contribution in [2.45, 2.75) is 12.8 Å². The second kappa shape index (κ2) is 5.49. The summed E-state index contributed by atoms with van der Waals surface area (Å²) in [5.41, 5.74) is 7.75. The van der Waals surface area contributed by atoms with Crippen LogP contribution in [0.3, 0.4) is 0 Å². The summed E-state index contributed by atoms with van der Waals surface area (Å²) in [6.07, 6.45) is 0. The predicted octanol–water partition coefficient (Wildman–Crippen LogP) is 2.57. The highest BCUT2D eigenvalue weighted by Crippen LogP contribution is 2.40. The van der Waals surface area contributed by atoms with Crippen molar-refractivity contribution in [1.29, 1.82) is 5.26 Å². The minimum atomic E-state index is -0.596. The molecule has 1 atom stereocenters. The molecule has 1 aromatic heterocycles. The number of ether oxygens (including phenoxy) is 1. The highest BCUT2D eigenvalue weighted by atomic mass is 35.5. The number of hydrogen-bond donors (Lipinski definition) is 1. The summed E-state index contributed by atoms with van der Waals surface area (Å²) in [5, 5.41) is 10.0. The van der Waals surface area contributed by atoms with Gasteiger partial charge in [-0.3, -0.25) is 4.79 Å². The second-order valence-corrected chi connectivity index (χ2v) is 5.84. The van der Waals surface area contributed by atoms with Gasteiger partial charge in [-0.25, -0.2) is 0 Å². The molecule has 0 saturated carbocycles. The lowest BCUT2D eigenvalue weighted by molar-refractivity contribution is 0.389. The van der Waals surface area contributed by atoms with Crippen LogP contribution in [0.4, 0.5) is 0 Å². The first-order chi connectivity index (χ1) is 10.9. The van der Waals surface area contributed by atoms with Crippen LogP contribution in [0.5, 0.6) is 5.75 Å². The fourth-order valence-electron chi connectivity index (χ4n) is 2.76. The molecule has 1 aliphatic heterocycles. The van der Waals surface area contributed by atoms with Crippen molar-refractivity contribution >= 4 is 11.6 Å². The van der Waals surface area contributed by atoms with E-state index in [1.165, 1.54) is 4.57 Å². The van der Waals surface area contributed by atoms with Gasteiger partial charge in [0.1, 0.15) is 17.4 Å². The van der Waals surface area contributed by atoms with Gasteiger partial charge in [0.25, 0.3) is 5.56 Å². The molecule has 0 radical (unpaired) electrons. The Morgan fingerprint density at radius 1 is 1.39 bits per heavy atom. The van der Waals surface area contributed by atoms with Crippen molar-refractivity contribution in [1.82, 2.24) is 4.57 Å². The quantitative estimate of drug-likeness (QED) is 0.872. The molecule has 2 aromatic rings. The largest absolute Gasteiger partial charge is 0.440 e. The number of nitrogens with two attached hydrogens (primary N) is 1. The Hall–Kier alpha value is -2.71. The Balaban J connectivity index is 2.36. The molecule has 116 valence electrons. The maximum atomic E-state index is 12.7. The van der Waals surface area contributed by atoms with Crippen LogP contribution in [0.1, 0.15) is 22.7 Å². The standard InChI is InChI=1S/C17H14ClN3O2/c1-9-6-13-15(17(22)21(9)2)14(12(8-19)16(20)23-13)10-4-3-5-11(18)7-10/h3-7,14H,20H2,1-2H3. The van der Waals surface area contributed by atoms with Gasteiger partial charge >= 0.3 is 0 Å². The van der Waals surface area contributed by atoms with E-state index in [-0.39, 0.29) is 17.0 Å². The lowest BCUT2D eigenvalue weighted by atomic mass is 9.84. The van der Waals surface area contributed by atoms with Gasteiger partial charge in [-0.1, -0.05) is 23.7 Å². The first kappa shape index (κ1) is 15.2. The van der Waals surface area contributed by atoms with Crippen LogP contribution in [0.25, 0.3) is 0 Å². The fraction of sp³-hybridized carbons (Fsp3) is 0.176. The van der Waals surface area contributed by atoms with Gasteiger partial charge in [0, 0.05) is 23.8 Å². The molecule has 0 amide bonds. The summed E-state index contributed by atoms with van der Waals surface area (Å²) >= 11 is 6.07. The van der Waals surface area contributed by atoms with Gasteiger partial charge < -0.3 is 15.0 Å². The molecule has 1 aromatic carbocycles. The molecule has 0 fully saturated rings. The topological polar surface area (TPSA) is 81.0 Å². The number of pyridine rings is 1. The van der Waals surface area contributed by atoms with Gasteiger partial charge in [-0.05, 0) is 24.6 Å². The highest BCUT2D eigenvalue weighted by Gasteiger charge is 2.34. The van der Waals surface area contributed by atoms with Crippen LogP contribution >= 0.6 is 11.6 Å². The van der Waals surface area contributed by atoms with Gasteiger partial charge in [-0.2, -0.15) is 5.26 Å². The molecule has 0 saturated heterocycles. The van der Waals surface area contributed by atoms with Crippen LogP contribution in [0.2, 0.25) is 5.02 Å². The predicted molar refractivity (Wildman–Crippen MR) is 87.2 cm³/mol. The number of rotatable bonds is 1. The number of halogens is 1. The number of fused-ring (bicyclic) bond motifs is 1. The van der Waals surface area contributed by atoms with Crippen LogP contribution in [0, 0.1) is 18.3 Å². The Labute approximate surface area is 138 Å². The molecule has 2 N–H and O–H groups in total. The van der Waals surface area contributed by atoms with E-state index in [4.69, 9.17) is 22.1 Å². The SMILES string of the molecule is Cc1cc2c(c(=O)n1C)C(c1cccc(Cl)c1)C(C#N)=C(N)O2. The first-order valence-electron chi connectivity index (χ1n) is 6.97. The second-order valence-electron chi connectivity index (χ2n) is 5.41. The van der Waals surface area contributed by atoms with E-state index in [2.05, 4.69) is 6.07 Å². The highest BCUT2D eigenvalue weighted by molar-refractivity contribution is 6.30. The summed E-state index contributed by atoms with van der Waals surface area (Å²) in [5.74, 6) is -0.202. The van der Waals surface area contributed by atoms with Crippen molar-refractivity contribution in [2.75, 3.05) is 0 Å². The van der Waals surface area contributed by atoms with E-state index in [1.54, 1.807) is 38.2 Å². The van der Waals surface area contributed by atoms with Crippen LogP contribution in [0.15, 0.2) is 46.6 Å². The lowest BCUT2D eigenvalue weighted by Crippen LogP contribution is -2.31. The van der Waals surface area contributed by atoms with Crippen LogP contribution in [-0.4, -0.2) is 4.57 Å². The normalized spacial score (nSPS) is 16.5. The number of aromatic nitrogens is 1. The van der Waals surface area contributed by atoms with Crippen molar-refractivity contribution in [3.63, 3.8) is 0 Å². The third-order valence-electron chi connectivity index (χ3n) is 4.03. The summed E-state index contributed by atoms with van der Waals surface area (Å²) < 4.78 is 7.05. The van der Waals surface area contributed by atoms with Gasteiger partial charge in [-0.15, -0.1) is 0 Å². The van der Waals surface area contributed by atoms with E-state index >= 15 is 0 Å². The Morgan fingerprint density at radius 2 is 2.13 bits per heavy atom. The van der Waals surface area contributed by atoms with Gasteiger partial charge in [0.2, 0.25) is 5.88 Å². The number of benzene rings is 1. The van der Waals surface area contributed by atoms with Gasteiger partial charge in [0.05, 0.1) is 11.5 Å². The molecule has 1 aliphatic rings. The summed E-state index contributed by atoms with van der Waals surface area (Å²) in [4.78, 5) is 12.7. The monoisotopic (exact) mass is 327 g/mol. The molecule has 5 nitrogen and oxygen atoms in total. The number of aryl methyl sites for hydroxylation is 1. The van der Waals surface area contributed by atoms with E-state index in [0.29, 0.717) is 16.3 Å². The number of hydrogen-bond acceptors (Lipinski definition) is 4. The number of nitrogens with zero attached hydrogens (tertiary/aromatic N) is 2. The number of allylic oxidation sites excluding steroid dienone is 1. The molecule has 0 spiro atoms. The Morgan fingerprint density at radius 3 is 2.78 bits per heavy atom. The van der Waals surface area contributed by atoms with E-state index in [0.717, 1.165) is 11.3 Å². The Kier molecular flexibility index (Phi) is 3.63. The third kappa shape index (κ3) is 2.37. The molecule has 2 heterocycles. The first-order valence-corrected chi connectivity index (χ1v) is 7.35. The molecule has 23 heavy (non-hydrogen) atoms. The van der Waals surface area contributed by atoms with E-state index < -0.39 is 5.92 Å². The number of nitriles is 1. The maximum absolute atomic E-state index is 12.7. The van der Waals surface area contributed by atoms with Crippen molar-refractivity contribution < 1.29 is 4.74 Å². The average Bonchev–Trinajstić information content (AvgIpc) is 2.51. The molecule has 3 rings (SSSR count). The minimum absolute atomic E-state index is 0.0117. The molecular formula is C17H14ClN3O2.